The molecule has 0 saturated heterocycles. The average molecular weight is 1060 g/mol. The Morgan fingerprint density at radius 1 is 0.238 bits per heavy atom. The second-order valence-corrected chi connectivity index (χ2v) is 23.7. The van der Waals surface area contributed by atoms with Crippen LogP contribution >= 0.6 is 0 Å². The van der Waals surface area contributed by atoms with Crippen molar-refractivity contribution in [2.45, 2.75) is 5.92 Å². The lowest BCUT2D eigenvalue weighted by Crippen LogP contribution is -2.23. The summed E-state index contributed by atoms with van der Waals surface area (Å²) in [7, 11) is 0. The molecule has 84 heavy (non-hydrogen) atoms. The Morgan fingerprint density at radius 3 is 1.10 bits per heavy atom. The summed E-state index contributed by atoms with van der Waals surface area (Å²) in [5, 5.41) is 23.7. The Morgan fingerprint density at radius 2 is 0.619 bits per heavy atom. The summed E-state index contributed by atoms with van der Waals surface area (Å²) in [4.78, 5) is 0. The number of hydrogen-bond donors (Lipinski definition) is 0. The maximum Gasteiger partial charge on any atom is 0.0199 e. The van der Waals surface area contributed by atoms with E-state index in [2.05, 4.69) is 291 Å². The van der Waals surface area contributed by atoms with Crippen molar-refractivity contribution >= 4 is 103 Å². The summed E-state index contributed by atoms with van der Waals surface area (Å²) < 4.78 is 0. The maximum atomic E-state index is 2.44. The average Bonchev–Trinajstić information content (AvgIpc) is 1.73. The van der Waals surface area contributed by atoms with Crippen molar-refractivity contribution in [3.8, 4) is 66.8 Å². The molecule has 0 spiro atoms. The number of allylic oxidation sites excluding steroid dienone is 8. The van der Waals surface area contributed by atoms with Crippen LogP contribution in [0.1, 0.15) is 17.0 Å². The van der Waals surface area contributed by atoms with Crippen LogP contribution in [0.5, 0.6) is 0 Å². The van der Waals surface area contributed by atoms with E-state index in [0.717, 1.165) is 0 Å². The van der Waals surface area contributed by atoms with E-state index in [9.17, 15) is 0 Å². The molecular formula is C84H50. The highest BCUT2D eigenvalue weighted by Gasteiger charge is 2.38. The van der Waals surface area contributed by atoms with Gasteiger partial charge in [-0.2, -0.15) is 0 Å². The predicted molar refractivity (Wildman–Crippen MR) is 360 cm³/mol. The SMILES string of the molecule is C1=CC2=CC=CC3c4c(-c5ccc(-c6cc(-c7ccc(-c8ccc9cccc%10c%11cccc%12cccc(c8c9%10)c%12%11)cc7)cc(-c7ccc(-c8ccc9cccc%10c%11cccc%12cccc(c8c9%10)c%12%11)cc7)c6)cc5)ccc5cccc(c45)C(=C1)C23. The molecule has 0 heteroatoms. The van der Waals surface area contributed by atoms with E-state index in [4.69, 9.17) is 0 Å². The summed E-state index contributed by atoms with van der Waals surface area (Å²) in [6, 6.07) is 96.9. The van der Waals surface area contributed by atoms with Gasteiger partial charge >= 0.3 is 0 Å². The molecule has 0 amide bonds. The van der Waals surface area contributed by atoms with Crippen molar-refractivity contribution in [1.29, 1.82) is 0 Å². The quantitative estimate of drug-likeness (QED) is 0.115. The molecule has 2 atom stereocenters. The van der Waals surface area contributed by atoms with Gasteiger partial charge in [-0.3, -0.25) is 0 Å². The lowest BCUT2D eigenvalue weighted by atomic mass is 9.64. The van der Waals surface area contributed by atoms with Gasteiger partial charge in [-0.25, -0.2) is 0 Å². The van der Waals surface area contributed by atoms with Crippen LogP contribution in [0.25, 0.3) is 169 Å². The largest absolute Gasteiger partial charge is 0.0760 e. The highest BCUT2D eigenvalue weighted by Crippen LogP contribution is 2.55. The van der Waals surface area contributed by atoms with Crippen molar-refractivity contribution < 1.29 is 0 Å². The fourth-order valence-corrected chi connectivity index (χ4v) is 15.8. The zero-order valence-electron chi connectivity index (χ0n) is 45.9. The van der Waals surface area contributed by atoms with E-state index in [1.54, 1.807) is 0 Å². The maximum absolute atomic E-state index is 2.44. The second kappa shape index (κ2) is 17.4. The van der Waals surface area contributed by atoms with Crippen molar-refractivity contribution in [2.75, 3.05) is 0 Å². The lowest BCUT2D eigenvalue weighted by molar-refractivity contribution is 0.685. The first-order valence-electron chi connectivity index (χ1n) is 29.6. The van der Waals surface area contributed by atoms with Crippen LogP contribution in [0.15, 0.2) is 297 Å². The van der Waals surface area contributed by atoms with Crippen molar-refractivity contribution in [2.24, 2.45) is 5.92 Å². The van der Waals surface area contributed by atoms with E-state index < -0.39 is 0 Å². The molecule has 0 N–H and O–H groups in total. The fourth-order valence-electron chi connectivity index (χ4n) is 15.8. The van der Waals surface area contributed by atoms with Crippen LogP contribution in [0, 0.1) is 5.92 Å². The molecule has 0 heterocycles. The lowest BCUT2D eigenvalue weighted by Gasteiger charge is -2.39. The topological polar surface area (TPSA) is 0 Å². The summed E-state index contributed by atoms with van der Waals surface area (Å²) in [6.07, 6.45) is 13.9. The van der Waals surface area contributed by atoms with Gasteiger partial charge in [0.15, 0.2) is 0 Å². The van der Waals surface area contributed by atoms with Gasteiger partial charge in [0.1, 0.15) is 0 Å². The Balaban J connectivity index is 0.753. The highest BCUT2D eigenvalue weighted by molar-refractivity contribution is 6.37. The van der Waals surface area contributed by atoms with Crippen LogP contribution in [0.3, 0.4) is 0 Å². The van der Waals surface area contributed by atoms with Crippen LogP contribution in [0.4, 0.5) is 0 Å². The third-order valence-corrected chi connectivity index (χ3v) is 19.5. The molecule has 0 aliphatic heterocycles. The van der Waals surface area contributed by atoms with Gasteiger partial charge in [0.25, 0.3) is 0 Å². The van der Waals surface area contributed by atoms with Crippen LogP contribution in [-0.4, -0.2) is 0 Å². The Kier molecular flexibility index (Phi) is 9.54. The minimum Gasteiger partial charge on any atom is -0.0760 e. The summed E-state index contributed by atoms with van der Waals surface area (Å²) in [6.45, 7) is 0. The van der Waals surface area contributed by atoms with Gasteiger partial charge in [0.05, 0.1) is 0 Å². The third-order valence-electron chi connectivity index (χ3n) is 19.5. The Bertz CT molecular complexity index is 5370. The van der Waals surface area contributed by atoms with E-state index in [1.165, 1.54) is 186 Å². The summed E-state index contributed by atoms with van der Waals surface area (Å²) in [5.41, 5.74) is 20.3. The first-order valence-corrected chi connectivity index (χ1v) is 29.6. The first kappa shape index (κ1) is 46.0. The van der Waals surface area contributed by atoms with Crippen LogP contribution < -0.4 is 0 Å². The molecular weight excluding hydrogens is 1010 g/mol. The van der Waals surface area contributed by atoms with Gasteiger partial charge in [-0.1, -0.05) is 273 Å². The second-order valence-electron chi connectivity index (χ2n) is 23.7. The molecule has 386 valence electrons. The van der Waals surface area contributed by atoms with Gasteiger partial charge < -0.3 is 0 Å². The van der Waals surface area contributed by atoms with Crippen molar-refractivity contribution in [1.82, 2.24) is 0 Å². The zero-order chi connectivity index (χ0) is 54.7. The van der Waals surface area contributed by atoms with E-state index >= 15 is 0 Å². The number of hydrogen-bond acceptors (Lipinski definition) is 0. The third kappa shape index (κ3) is 6.54. The molecule has 0 fully saturated rings. The molecule has 19 rings (SSSR count). The van der Waals surface area contributed by atoms with Gasteiger partial charge in [0, 0.05) is 11.8 Å². The minimum absolute atomic E-state index is 0.271. The Labute approximate surface area is 486 Å². The van der Waals surface area contributed by atoms with Crippen molar-refractivity contribution in [3.05, 3.63) is 308 Å². The first-order chi connectivity index (χ1) is 41.6. The number of benzene rings is 16. The molecule has 0 bridgehead atoms. The van der Waals surface area contributed by atoms with E-state index in [0.29, 0.717) is 5.92 Å². The molecule has 3 aliphatic carbocycles. The normalized spacial score (nSPS) is 15.4. The van der Waals surface area contributed by atoms with Crippen LogP contribution in [0.2, 0.25) is 0 Å². The summed E-state index contributed by atoms with van der Waals surface area (Å²) in [5.74, 6) is 0.595. The predicted octanol–water partition coefficient (Wildman–Crippen LogP) is 23.1. The monoisotopic (exact) mass is 1060 g/mol. The molecule has 16 aromatic carbocycles. The number of fused-ring (bicyclic) bond motifs is 6. The zero-order valence-corrected chi connectivity index (χ0v) is 45.9. The molecule has 0 radical (unpaired) electrons. The van der Waals surface area contributed by atoms with E-state index in [1.807, 2.05) is 0 Å². The standard InChI is InChI=1S/C84H50/c1-10-55-13-7-25-73-76(55)67(19-1)70-22-4-16-58-40-43-64(82(73)79(58)70)52-34-28-49(29-35-52)61-46-62(50-30-36-53(37-31-50)65-44-41-59-17-5-23-71-68-20-2-11-56-14-8-26-74(77(56)68)83(65)80(59)71)48-63(47-61)51-32-38-54(39-33-51)66-45-42-60-18-6-24-72-69-21-3-12-57-15-9-27-75(78(57)69)84(66)81(60)72/h1-48,73,76H. The molecule has 3 aliphatic rings. The fraction of sp³-hybridized carbons (Fsp3) is 0.0238. The Hall–Kier alpha value is -10.7. The molecule has 0 saturated carbocycles. The molecule has 16 aromatic rings. The minimum atomic E-state index is 0.271. The molecule has 2 unspecified atom stereocenters. The molecule has 0 nitrogen and oxygen atoms in total. The molecule has 0 aromatic heterocycles. The van der Waals surface area contributed by atoms with Gasteiger partial charge in [0.2, 0.25) is 0 Å². The summed E-state index contributed by atoms with van der Waals surface area (Å²) >= 11 is 0. The highest BCUT2D eigenvalue weighted by atomic mass is 14.4. The van der Waals surface area contributed by atoms with E-state index in [-0.39, 0.29) is 5.92 Å². The number of rotatable bonds is 6. The van der Waals surface area contributed by atoms with Gasteiger partial charge in [-0.05, 0) is 204 Å². The smallest absolute Gasteiger partial charge is 0.0199 e. The van der Waals surface area contributed by atoms with Crippen LogP contribution in [-0.2, 0) is 0 Å². The van der Waals surface area contributed by atoms with Crippen molar-refractivity contribution in [3.63, 3.8) is 0 Å². The van der Waals surface area contributed by atoms with Gasteiger partial charge in [-0.15, -0.1) is 0 Å².